The van der Waals surface area contributed by atoms with Gasteiger partial charge in [-0.15, -0.1) is 0 Å². The van der Waals surface area contributed by atoms with Crippen LogP contribution in [0.25, 0.3) is 0 Å². The lowest BCUT2D eigenvalue weighted by molar-refractivity contribution is -0.141. The van der Waals surface area contributed by atoms with Crippen LogP contribution in [-0.2, 0) is 29.0 Å². The Hall–Kier alpha value is -2.24. The zero-order valence-electron chi connectivity index (χ0n) is 20.3. The second kappa shape index (κ2) is 12.3. The Morgan fingerprint density at radius 2 is 1.44 bits per heavy atom. The smallest absolute Gasteiger partial charge is 0.243 e. The highest BCUT2D eigenvalue weighted by Crippen LogP contribution is 2.28. The number of amides is 2. The van der Waals surface area contributed by atoms with Crippen LogP contribution in [0.4, 0.5) is 0 Å². The van der Waals surface area contributed by atoms with Gasteiger partial charge in [0, 0.05) is 34.1 Å². The van der Waals surface area contributed by atoms with Gasteiger partial charge in [0.15, 0.2) is 0 Å². The fourth-order valence-electron chi connectivity index (χ4n) is 3.79. The molecule has 0 aliphatic carbocycles. The van der Waals surface area contributed by atoms with Gasteiger partial charge in [-0.25, -0.2) is 0 Å². The van der Waals surface area contributed by atoms with Crippen molar-refractivity contribution in [3.63, 3.8) is 0 Å². The van der Waals surface area contributed by atoms with Gasteiger partial charge in [0.2, 0.25) is 11.8 Å². The first kappa shape index (κ1) is 28.3. The van der Waals surface area contributed by atoms with Gasteiger partial charge in [0.1, 0.15) is 6.04 Å². The van der Waals surface area contributed by atoms with Crippen LogP contribution >= 0.6 is 46.4 Å². The Morgan fingerprint density at radius 3 is 2.03 bits per heavy atom. The normalized spacial score (nSPS) is 12.2. The van der Waals surface area contributed by atoms with Crippen molar-refractivity contribution in [3.05, 3.63) is 104 Å². The molecule has 1 unspecified atom stereocenters. The fraction of sp³-hybridized carbons (Fsp3) is 0.286. The summed E-state index contributed by atoms with van der Waals surface area (Å²) in [5.41, 5.74) is 1.68. The number of halogens is 4. The Kier molecular flexibility index (Phi) is 9.71. The standard InChI is InChI=1S/C28H28Cl4N2O2/c1-28(2,3)33-27(36)25(15-18-8-5-4-6-9-18)34(17-20-21(29)10-7-11-22(20)30)26(35)16-19-12-13-23(31)24(32)14-19/h4-14,25H,15-17H2,1-3H3,(H,33,36). The van der Waals surface area contributed by atoms with Gasteiger partial charge in [0.25, 0.3) is 0 Å². The van der Waals surface area contributed by atoms with E-state index < -0.39 is 11.6 Å². The predicted octanol–water partition coefficient (Wildman–Crippen LogP) is 7.40. The van der Waals surface area contributed by atoms with Gasteiger partial charge in [-0.2, -0.15) is 0 Å². The summed E-state index contributed by atoms with van der Waals surface area (Å²) in [6, 6.07) is 19.0. The first-order valence-electron chi connectivity index (χ1n) is 11.5. The maximum atomic E-state index is 13.8. The Balaban J connectivity index is 2.05. The molecule has 1 N–H and O–H groups in total. The highest BCUT2D eigenvalue weighted by Gasteiger charge is 2.33. The number of nitrogens with zero attached hydrogens (tertiary/aromatic N) is 1. The predicted molar refractivity (Wildman–Crippen MR) is 149 cm³/mol. The summed E-state index contributed by atoms with van der Waals surface area (Å²) in [5, 5.41) is 4.63. The molecule has 0 saturated carbocycles. The zero-order chi connectivity index (χ0) is 26.5. The molecule has 8 heteroatoms. The number of hydrogen-bond acceptors (Lipinski definition) is 2. The van der Waals surface area contributed by atoms with Crippen molar-refractivity contribution in [1.29, 1.82) is 0 Å². The first-order chi connectivity index (χ1) is 16.9. The highest BCUT2D eigenvalue weighted by molar-refractivity contribution is 6.42. The molecule has 0 aliphatic heterocycles. The van der Waals surface area contributed by atoms with E-state index in [1.54, 1.807) is 41.3 Å². The number of hydrogen-bond donors (Lipinski definition) is 1. The minimum Gasteiger partial charge on any atom is -0.350 e. The van der Waals surface area contributed by atoms with Crippen molar-refractivity contribution in [2.24, 2.45) is 0 Å². The van der Waals surface area contributed by atoms with Gasteiger partial charge in [-0.05, 0) is 56.2 Å². The minimum atomic E-state index is -0.811. The molecule has 0 aromatic heterocycles. The topological polar surface area (TPSA) is 49.4 Å². The van der Waals surface area contributed by atoms with Crippen LogP contribution in [0.5, 0.6) is 0 Å². The number of nitrogens with one attached hydrogen (secondary N) is 1. The Bertz CT molecular complexity index is 1210. The van der Waals surface area contributed by atoms with Gasteiger partial charge in [-0.3, -0.25) is 9.59 Å². The van der Waals surface area contributed by atoms with E-state index in [4.69, 9.17) is 46.4 Å². The molecule has 4 nitrogen and oxygen atoms in total. The van der Waals surface area contributed by atoms with Gasteiger partial charge < -0.3 is 10.2 Å². The van der Waals surface area contributed by atoms with Crippen molar-refractivity contribution in [3.8, 4) is 0 Å². The molecule has 1 atom stereocenters. The van der Waals surface area contributed by atoms with Gasteiger partial charge >= 0.3 is 0 Å². The number of carbonyl (C=O) groups is 2. The summed E-state index contributed by atoms with van der Waals surface area (Å²) < 4.78 is 0. The molecule has 3 rings (SSSR count). The van der Waals surface area contributed by atoms with Crippen molar-refractivity contribution in [2.45, 2.75) is 51.7 Å². The summed E-state index contributed by atoms with van der Waals surface area (Å²) in [6.45, 7) is 5.76. The third kappa shape index (κ3) is 7.88. The van der Waals surface area contributed by atoms with E-state index >= 15 is 0 Å². The summed E-state index contributed by atoms with van der Waals surface area (Å²) in [4.78, 5) is 29.0. The lowest BCUT2D eigenvalue weighted by Crippen LogP contribution is -2.54. The van der Waals surface area contributed by atoms with Crippen molar-refractivity contribution in [2.75, 3.05) is 0 Å². The molecule has 0 spiro atoms. The molecule has 2 amide bonds. The van der Waals surface area contributed by atoms with Crippen molar-refractivity contribution in [1.82, 2.24) is 10.2 Å². The van der Waals surface area contributed by atoms with E-state index in [0.29, 0.717) is 37.6 Å². The fourth-order valence-corrected chi connectivity index (χ4v) is 4.62. The monoisotopic (exact) mass is 564 g/mol. The van der Waals surface area contributed by atoms with Crippen molar-refractivity contribution < 1.29 is 9.59 Å². The van der Waals surface area contributed by atoms with E-state index in [2.05, 4.69) is 5.32 Å². The van der Waals surface area contributed by atoms with Crippen LogP contribution in [0.15, 0.2) is 66.7 Å². The molecule has 3 aromatic carbocycles. The van der Waals surface area contributed by atoms with E-state index in [0.717, 1.165) is 5.56 Å². The molecule has 190 valence electrons. The average molecular weight is 566 g/mol. The van der Waals surface area contributed by atoms with Crippen LogP contribution in [0, 0.1) is 0 Å². The number of carbonyl (C=O) groups excluding carboxylic acids is 2. The first-order valence-corrected chi connectivity index (χ1v) is 13.0. The molecule has 0 fully saturated rings. The summed E-state index contributed by atoms with van der Waals surface area (Å²) in [6.07, 6.45) is 0.338. The Morgan fingerprint density at radius 1 is 0.806 bits per heavy atom. The third-order valence-corrected chi connectivity index (χ3v) is 6.95. The second-order valence-corrected chi connectivity index (χ2v) is 11.2. The van der Waals surface area contributed by atoms with Crippen molar-refractivity contribution >= 4 is 58.2 Å². The molecule has 36 heavy (non-hydrogen) atoms. The van der Waals surface area contributed by atoms with Crippen LogP contribution in [0.3, 0.4) is 0 Å². The molecular weight excluding hydrogens is 538 g/mol. The van der Waals surface area contributed by atoms with E-state index in [1.165, 1.54) is 0 Å². The van der Waals surface area contributed by atoms with Crippen LogP contribution in [0.1, 0.15) is 37.5 Å². The molecule has 0 saturated heterocycles. The Labute approximate surface area is 232 Å². The maximum absolute atomic E-state index is 13.8. The maximum Gasteiger partial charge on any atom is 0.243 e. The van der Waals surface area contributed by atoms with Gasteiger partial charge in [-0.1, -0.05) is 88.9 Å². The average Bonchev–Trinajstić information content (AvgIpc) is 2.79. The summed E-state index contributed by atoms with van der Waals surface area (Å²) >= 11 is 25.2. The second-order valence-electron chi connectivity index (χ2n) is 9.59. The number of rotatable bonds is 8. The molecule has 0 bridgehead atoms. The lowest BCUT2D eigenvalue weighted by Gasteiger charge is -2.34. The largest absolute Gasteiger partial charge is 0.350 e. The quantitative estimate of drug-likeness (QED) is 0.309. The molecule has 0 aliphatic rings. The van der Waals surface area contributed by atoms with E-state index in [1.807, 2.05) is 51.1 Å². The summed E-state index contributed by atoms with van der Waals surface area (Å²) in [7, 11) is 0. The zero-order valence-corrected chi connectivity index (χ0v) is 23.3. The van der Waals surface area contributed by atoms with Crippen LogP contribution in [0.2, 0.25) is 20.1 Å². The van der Waals surface area contributed by atoms with Crippen LogP contribution in [-0.4, -0.2) is 28.3 Å². The highest BCUT2D eigenvalue weighted by atomic mass is 35.5. The molecule has 0 heterocycles. The molecule has 0 radical (unpaired) electrons. The van der Waals surface area contributed by atoms with E-state index in [9.17, 15) is 9.59 Å². The lowest BCUT2D eigenvalue weighted by atomic mass is 9.99. The third-order valence-electron chi connectivity index (χ3n) is 5.50. The molecular formula is C28H28Cl4N2O2. The minimum absolute atomic E-state index is 0.0209. The van der Waals surface area contributed by atoms with E-state index in [-0.39, 0.29) is 24.8 Å². The SMILES string of the molecule is CC(C)(C)NC(=O)C(Cc1ccccc1)N(Cc1c(Cl)cccc1Cl)C(=O)Cc1ccc(Cl)c(Cl)c1. The van der Waals surface area contributed by atoms with Crippen LogP contribution < -0.4 is 5.32 Å². The molecule has 3 aromatic rings. The summed E-state index contributed by atoms with van der Waals surface area (Å²) in [5.74, 6) is -0.536. The number of benzene rings is 3. The van der Waals surface area contributed by atoms with Gasteiger partial charge in [0.05, 0.1) is 16.5 Å².